The molecule has 2 N–H and O–H groups in total. The molecule has 0 saturated heterocycles. The van der Waals surface area contributed by atoms with Crippen molar-refractivity contribution >= 4 is 17.9 Å². The molecule has 0 heterocycles. The highest BCUT2D eigenvalue weighted by Gasteiger charge is 2.20. The van der Waals surface area contributed by atoms with Gasteiger partial charge in [0.1, 0.15) is 6.10 Å². The average molecular weight is 294 g/mol. The van der Waals surface area contributed by atoms with Gasteiger partial charge in [-0.05, 0) is 31.0 Å². The SMILES string of the molecule is CCCC(CC)OC(=O)c1ccc(C(=O)O)c(C(=O)O)c1. The van der Waals surface area contributed by atoms with Crippen LogP contribution in [0.3, 0.4) is 0 Å². The number of hydrogen-bond donors (Lipinski definition) is 2. The summed E-state index contributed by atoms with van der Waals surface area (Å²) in [5.74, 6) is -3.40. The van der Waals surface area contributed by atoms with E-state index in [0.29, 0.717) is 6.42 Å². The number of aromatic carboxylic acids is 2. The van der Waals surface area contributed by atoms with Gasteiger partial charge in [-0.1, -0.05) is 20.3 Å². The molecule has 0 saturated carbocycles. The van der Waals surface area contributed by atoms with Crippen LogP contribution in [0.5, 0.6) is 0 Å². The van der Waals surface area contributed by atoms with Gasteiger partial charge < -0.3 is 14.9 Å². The van der Waals surface area contributed by atoms with Crippen LogP contribution in [0.2, 0.25) is 0 Å². The van der Waals surface area contributed by atoms with E-state index in [1.165, 1.54) is 6.07 Å². The zero-order chi connectivity index (χ0) is 16.0. The minimum absolute atomic E-state index is 0.0342. The van der Waals surface area contributed by atoms with Crippen LogP contribution in [0, 0.1) is 0 Å². The first kappa shape index (κ1) is 16.7. The molecule has 0 amide bonds. The summed E-state index contributed by atoms with van der Waals surface area (Å²) in [4.78, 5) is 34.0. The lowest BCUT2D eigenvalue weighted by Gasteiger charge is -2.15. The predicted octanol–water partition coefficient (Wildman–Crippen LogP) is 2.82. The van der Waals surface area contributed by atoms with Gasteiger partial charge in [-0.3, -0.25) is 0 Å². The van der Waals surface area contributed by atoms with Crippen molar-refractivity contribution in [1.29, 1.82) is 0 Å². The highest BCUT2D eigenvalue weighted by Crippen LogP contribution is 2.16. The third-order valence-electron chi connectivity index (χ3n) is 3.06. The zero-order valence-corrected chi connectivity index (χ0v) is 12.0. The second-order valence-electron chi connectivity index (χ2n) is 4.59. The molecule has 1 aromatic carbocycles. The van der Waals surface area contributed by atoms with E-state index in [1.54, 1.807) is 0 Å². The number of carboxylic acids is 2. The number of benzene rings is 1. The van der Waals surface area contributed by atoms with Crippen molar-refractivity contribution in [3.05, 3.63) is 34.9 Å². The Morgan fingerprint density at radius 2 is 1.71 bits per heavy atom. The zero-order valence-electron chi connectivity index (χ0n) is 12.0. The molecule has 6 nitrogen and oxygen atoms in total. The minimum atomic E-state index is -1.40. The molecule has 21 heavy (non-hydrogen) atoms. The van der Waals surface area contributed by atoms with Crippen LogP contribution in [-0.2, 0) is 4.74 Å². The highest BCUT2D eigenvalue weighted by molar-refractivity contribution is 6.03. The van der Waals surface area contributed by atoms with Gasteiger partial charge in [0, 0.05) is 0 Å². The van der Waals surface area contributed by atoms with Crippen molar-refractivity contribution < 1.29 is 29.3 Å². The number of carbonyl (C=O) groups is 3. The van der Waals surface area contributed by atoms with E-state index in [1.807, 2.05) is 13.8 Å². The molecule has 1 aromatic rings. The van der Waals surface area contributed by atoms with Crippen molar-refractivity contribution in [2.24, 2.45) is 0 Å². The third-order valence-corrected chi connectivity index (χ3v) is 3.06. The summed E-state index contributed by atoms with van der Waals surface area (Å²) < 4.78 is 5.28. The molecule has 1 unspecified atom stereocenters. The van der Waals surface area contributed by atoms with Crippen LogP contribution in [0.25, 0.3) is 0 Å². The fourth-order valence-corrected chi connectivity index (χ4v) is 1.92. The molecule has 0 radical (unpaired) electrons. The molecule has 0 aliphatic rings. The van der Waals surface area contributed by atoms with E-state index in [2.05, 4.69) is 0 Å². The van der Waals surface area contributed by atoms with Gasteiger partial charge in [-0.15, -0.1) is 0 Å². The fraction of sp³-hybridized carbons (Fsp3) is 0.400. The molecule has 1 rings (SSSR count). The van der Waals surface area contributed by atoms with E-state index >= 15 is 0 Å². The maximum Gasteiger partial charge on any atom is 0.338 e. The summed E-state index contributed by atoms with van der Waals surface area (Å²) >= 11 is 0. The van der Waals surface area contributed by atoms with Crippen LogP contribution < -0.4 is 0 Å². The molecular formula is C15H18O6. The molecule has 0 aliphatic heterocycles. The van der Waals surface area contributed by atoms with E-state index in [9.17, 15) is 14.4 Å². The van der Waals surface area contributed by atoms with Gasteiger partial charge in [0.2, 0.25) is 0 Å². The van der Waals surface area contributed by atoms with Crippen molar-refractivity contribution in [1.82, 2.24) is 0 Å². The van der Waals surface area contributed by atoms with E-state index < -0.39 is 23.5 Å². The lowest BCUT2D eigenvalue weighted by Crippen LogP contribution is -2.18. The maximum atomic E-state index is 12.0. The number of carboxylic acid groups (broad SMARTS) is 2. The second-order valence-corrected chi connectivity index (χ2v) is 4.59. The van der Waals surface area contributed by atoms with Crippen molar-refractivity contribution in [3.8, 4) is 0 Å². The van der Waals surface area contributed by atoms with Crippen molar-refractivity contribution in [2.45, 2.75) is 39.2 Å². The Morgan fingerprint density at radius 3 is 2.19 bits per heavy atom. The van der Waals surface area contributed by atoms with Gasteiger partial charge in [0.15, 0.2) is 0 Å². The highest BCUT2D eigenvalue weighted by atomic mass is 16.5. The van der Waals surface area contributed by atoms with Crippen LogP contribution in [-0.4, -0.2) is 34.2 Å². The number of esters is 1. The summed E-state index contributed by atoms with van der Waals surface area (Å²) in [6, 6.07) is 3.40. The Morgan fingerprint density at radius 1 is 1.10 bits per heavy atom. The number of rotatable bonds is 7. The normalized spacial score (nSPS) is 11.7. The Kier molecular flexibility index (Phi) is 5.90. The van der Waals surface area contributed by atoms with Gasteiger partial charge >= 0.3 is 17.9 Å². The summed E-state index contributed by atoms with van der Waals surface area (Å²) in [5, 5.41) is 17.9. The number of hydrogen-bond acceptors (Lipinski definition) is 4. The standard InChI is InChI=1S/C15H18O6/c1-3-5-10(4-2)21-15(20)9-6-7-11(13(16)17)12(8-9)14(18)19/h6-8,10H,3-5H2,1-2H3,(H,16,17)(H,18,19). The molecule has 0 bridgehead atoms. The molecular weight excluding hydrogens is 276 g/mol. The van der Waals surface area contributed by atoms with Gasteiger partial charge in [-0.25, -0.2) is 14.4 Å². The van der Waals surface area contributed by atoms with Crippen LogP contribution in [0.1, 0.15) is 64.2 Å². The van der Waals surface area contributed by atoms with Gasteiger partial charge in [0.25, 0.3) is 0 Å². The van der Waals surface area contributed by atoms with E-state index in [0.717, 1.165) is 25.0 Å². The molecule has 6 heteroatoms. The fourth-order valence-electron chi connectivity index (χ4n) is 1.92. The number of carbonyl (C=O) groups excluding carboxylic acids is 1. The molecule has 1 atom stereocenters. The van der Waals surface area contributed by atoms with Crippen LogP contribution in [0.15, 0.2) is 18.2 Å². The lowest BCUT2D eigenvalue weighted by atomic mass is 10.0. The van der Waals surface area contributed by atoms with Gasteiger partial charge in [0.05, 0.1) is 16.7 Å². The molecule has 0 fully saturated rings. The minimum Gasteiger partial charge on any atom is -0.478 e. The first-order valence-electron chi connectivity index (χ1n) is 6.72. The first-order valence-corrected chi connectivity index (χ1v) is 6.72. The summed E-state index contributed by atoms with van der Waals surface area (Å²) in [6.45, 7) is 3.87. The molecule has 0 aliphatic carbocycles. The largest absolute Gasteiger partial charge is 0.478 e. The van der Waals surface area contributed by atoms with E-state index in [4.69, 9.17) is 14.9 Å². The van der Waals surface area contributed by atoms with Crippen molar-refractivity contribution in [3.63, 3.8) is 0 Å². The predicted molar refractivity (Wildman–Crippen MR) is 74.8 cm³/mol. The lowest BCUT2D eigenvalue weighted by molar-refractivity contribution is 0.0271. The Balaban J connectivity index is 3.03. The summed E-state index contributed by atoms with van der Waals surface area (Å²) in [5.41, 5.74) is -0.757. The summed E-state index contributed by atoms with van der Waals surface area (Å²) in [7, 11) is 0. The van der Waals surface area contributed by atoms with Crippen LogP contribution in [0.4, 0.5) is 0 Å². The van der Waals surface area contributed by atoms with Gasteiger partial charge in [-0.2, -0.15) is 0 Å². The first-order chi connectivity index (χ1) is 9.90. The smallest absolute Gasteiger partial charge is 0.338 e. The second kappa shape index (κ2) is 7.42. The quantitative estimate of drug-likeness (QED) is 0.750. The third kappa shape index (κ3) is 4.30. The molecule has 0 spiro atoms. The monoisotopic (exact) mass is 294 g/mol. The Labute approximate surface area is 122 Å². The Bertz CT molecular complexity index is 549. The average Bonchev–Trinajstić information content (AvgIpc) is 2.45. The maximum absolute atomic E-state index is 12.0. The van der Waals surface area contributed by atoms with E-state index in [-0.39, 0.29) is 17.2 Å². The van der Waals surface area contributed by atoms with Crippen molar-refractivity contribution in [2.75, 3.05) is 0 Å². The number of ether oxygens (including phenoxy) is 1. The Hall–Kier alpha value is -2.37. The topological polar surface area (TPSA) is 101 Å². The molecule has 114 valence electrons. The summed E-state index contributed by atoms with van der Waals surface area (Å²) in [6.07, 6.45) is 2.03. The van der Waals surface area contributed by atoms with Crippen LogP contribution >= 0.6 is 0 Å². The molecule has 0 aromatic heterocycles.